The molecule has 1 aliphatic rings. The van der Waals surface area contributed by atoms with Crippen LogP contribution < -0.4 is 10.5 Å². The molecule has 0 aromatic heterocycles. The Morgan fingerprint density at radius 2 is 1.76 bits per heavy atom. The molecular formula is C20H24F2N2O. The van der Waals surface area contributed by atoms with E-state index in [0.717, 1.165) is 37.2 Å². The molecule has 25 heavy (non-hydrogen) atoms. The van der Waals surface area contributed by atoms with Crippen molar-refractivity contribution in [3.05, 3.63) is 65.2 Å². The van der Waals surface area contributed by atoms with Gasteiger partial charge in [-0.3, -0.25) is 4.90 Å². The smallest absolute Gasteiger partial charge is 0.159 e. The van der Waals surface area contributed by atoms with Crippen LogP contribution in [-0.4, -0.2) is 31.1 Å². The number of methoxy groups -OCH3 is 1. The molecule has 1 aliphatic heterocycles. The zero-order valence-electron chi connectivity index (χ0n) is 14.4. The Morgan fingerprint density at radius 3 is 2.44 bits per heavy atom. The lowest BCUT2D eigenvalue weighted by Crippen LogP contribution is -2.47. The molecular weight excluding hydrogens is 322 g/mol. The summed E-state index contributed by atoms with van der Waals surface area (Å²) in [5.41, 5.74) is 8.26. The van der Waals surface area contributed by atoms with E-state index in [-0.39, 0.29) is 6.04 Å². The molecule has 5 heteroatoms. The maximum atomic E-state index is 13.4. The summed E-state index contributed by atoms with van der Waals surface area (Å²) in [6.45, 7) is 2.26. The van der Waals surface area contributed by atoms with Crippen LogP contribution in [0.25, 0.3) is 0 Å². The van der Waals surface area contributed by atoms with E-state index in [2.05, 4.69) is 17.0 Å². The van der Waals surface area contributed by atoms with Gasteiger partial charge in [0, 0.05) is 25.7 Å². The largest absolute Gasteiger partial charge is 0.497 e. The molecule has 2 aromatic carbocycles. The standard InChI is InChI=1S/C20H24F2N2O/c1-25-18-5-2-14(3-6-18)8-16-9-17(23)13-24(12-16)11-15-4-7-19(21)20(22)10-15/h2-7,10,16-17H,8-9,11-13,23H2,1H3. The number of hydrogen-bond acceptors (Lipinski definition) is 3. The summed E-state index contributed by atoms with van der Waals surface area (Å²) in [6.07, 6.45) is 1.92. The number of hydrogen-bond donors (Lipinski definition) is 1. The van der Waals surface area contributed by atoms with Gasteiger partial charge < -0.3 is 10.5 Å². The van der Waals surface area contributed by atoms with Gasteiger partial charge in [0.25, 0.3) is 0 Å². The number of halogens is 2. The van der Waals surface area contributed by atoms with Crippen LogP contribution >= 0.6 is 0 Å². The number of ether oxygens (including phenoxy) is 1. The number of benzene rings is 2. The van der Waals surface area contributed by atoms with Crippen molar-refractivity contribution in [1.29, 1.82) is 0 Å². The molecule has 0 aliphatic carbocycles. The van der Waals surface area contributed by atoms with Gasteiger partial charge in [0.05, 0.1) is 7.11 Å². The molecule has 2 aromatic rings. The molecule has 2 N–H and O–H groups in total. The van der Waals surface area contributed by atoms with E-state index in [9.17, 15) is 8.78 Å². The first-order valence-electron chi connectivity index (χ1n) is 8.58. The molecule has 0 radical (unpaired) electrons. The normalized spacial score (nSPS) is 21.3. The predicted octanol–water partition coefficient (Wildman–Crippen LogP) is 3.37. The molecule has 1 heterocycles. The third-order valence-corrected chi connectivity index (χ3v) is 4.72. The molecule has 0 bridgehead atoms. The summed E-state index contributed by atoms with van der Waals surface area (Å²) in [6, 6.07) is 12.3. The van der Waals surface area contributed by atoms with Gasteiger partial charge in [-0.2, -0.15) is 0 Å². The Balaban J connectivity index is 1.63. The second-order valence-electron chi connectivity index (χ2n) is 6.86. The molecule has 0 spiro atoms. The topological polar surface area (TPSA) is 38.5 Å². The second-order valence-corrected chi connectivity index (χ2v) is 6.86. The van der Waals surface area contributed by atoms with Gasteiger partial charge >= 0.3 is 0 Å². The SMILES string of the molecule is COc1ccc(CC2CC(N)CN(Cc3ccc(F)c(F)c3)C2)cc1. The van der Waals surface area contributed by atoms with Crippen molar-refractivity contribution in [2.45, 2.75) is 25.4 Å². The third-order valence-electron chi connectivity index (χ3n) is 4.72. The Bertz CT molecular complexity index is 705. The lowest BCUT2D eigenvalue weighted by Gasteiger charge is -2.36. The van der Waals surface area contributed by atoms with Gasteiger partial charge in [-0.15, -0.1) is 0 Å². The second kappa shape index (κ2) is 7.93. The van der Waals surface area contributed by atoms with Crippen molar-refractivity contribution in [3.63, 3.8) is 0 Å². The van der Waals surface area contributed by atoms with Gasteiger partial charge in [-0.05, 0) is 54.2 Å². The van der Waals surface area contributed by atoms with E-state index in [1.54, 1.807) is 13.2 Å². The number of piperidine rings is 1. The maximum absolute atomic E-state index is 13.4. The van der Waals surface area contributed by atoms with Crippen molar-refractivity contribution >= 4 is 0 Å². The van der Waals surface area contributed by atoms with Crippen LogP contribution in [-0.2, 0) is 13.0 Å². The molecule has 1 saturated heterocycles. The minimum absolute atomic E-state index is 0.0993. The fourth-order valence-electron chi connectivity index (χ4n) is 3.62. The van der Waals surface area contributed by atoms with Crippen LogP contribution in [0.4, 0.5) is 8.78 Å². The summed E-state index contributed by atoms with van der Waals surface area (Å²) in [7, 11) is 1.66. The van der Waals surface area contributed by atoms with Crippen molar-refractivity contribution in [3.8, 4) is 5.75 Å². The van der Waals surface area contributed by atoms with Crippen LogP contribution in [0, 0.1) is 17.6 Å². The summed E-state index contributed by atoms with van der Waals surface area (Å²) in [5, 5.41) is 0. The first-order chi connectivity index (χ1) is 12.0. The number of likely N-dealkylation sites (tertiary alicyclic amines) is 1. The lowest BCUT2D eigenvalue weighted by molar-refractivity contribution is 0.149. The Kier molecular flexibility index (Phi) is 5.66. The van der Waals surface area contributed by atoms with E-state index in [0.29, 0.717) is 12.5 Å². The predicted molar refractivity (Wildman–Crippen MR) is 94.4 cm³/mol. The summed E-state index contributed by atoms with van der Waals surface area (Å²) in [5.74, 6) is -0.309. The Hall–Kier alpha value is -1.98. The van der Waals surface area contributed by atoms with Crippen molar-refractivity contribution in [2.75, 3.05) is 20.2 Å². The number of rotatable bonds is 5. The average molecular weight is 346 g/mol. The molecule has 0 saturated carbocycles. The fourth-order valence-corrected chi connectivity index (χ4v) is 3.62. The van der Waals surface area contributed by atoms with Crippen LogP contribution in [0.3, 0.4) is 0 Å². The lowest BCUT2D eigenvalue weighted by atomic mass is 9.89. The molecule has 3 rings (SSSR count). The van der Waals surface area contributed by atoms with Crippen LogP contribution in [0.5, 0.6) is 5.75 Å². The molecule has 0 amide bonds. The molecule has 1 fully saturated rings. The Labute approximate surface area is 147 Å². The number of nitrogens with two attached hydrogens (primary N) is 1. The molecule has 3 nitrogen and oxygen atoms in total. The van der Waals surface area contributed by atoms with Crippen molar-refractivity contribution < 1.29 is 13.5 Å². The third kappa shape index (κ3) is 4.77. The highest BCUT2D eigenvalue weighted by molar-refractivity contribution is 5.27. The minimum atomic E-state index is -0.809. The highest BCUT2D eigenvalue weighted by Crippen LogP contribution is 2.23. The van der Waals surface area contributed by atoms with Gasteiger partial charge in [0.15, 0.2) is 11.6 Å². The highest BCUT2D eigenvalue weighted by atomic mass is 19.2. The van der Waals surface area contributed by atoms with Crippen LogP contribution in [0.2, 0.25) is 0 Å². The summed E-state index contributed by atoms with van der Waals surface area (Å²) in [4.78, 5) is 2.23. The van der Waals surface area contributed by atoms with Gasteiger partial charge in [-0.1, -0.05) is 18.2 Å². The summed E-state index contributed by atoms with van der Waals surface area (Å²) >= 11 is 0. The van der Waals surface area contributed by atoms with E-state index < -0.39 is 11.6 Å². The van der Waals surface area contributed by atoms with Crippen LogP contribution in [0.1, 0.15) is 17.5 Å². The zero-order valence-corrected chi connectivity index (χ0v) is 14.4. The first-order valence-corrected chi connectivity index (χ1v) is 8.58. The molecule has 134 valence electrons. The van der Waals surface area contributed by atoms with E-state index in [4.69, 9.17) is 10.5 Å². The van der Waals surface area contributed by atoms with Crippen molar-refractivity contribution in [1.82, 2.24) is 4.90 Å². The van der Waals surface area contributed by atoms with E-state index >= 15 is 0 Å². The highest BCUT2D eigenvalue weighted by Gasteiger charge is 2.25. The van der Waals surface area contributed by atoms with Gasteiger partial charge in [0.1, 0.15) is 5.75 Å². The van der Waals surface area contributed by atoms with Gasteiger partial charge in [-0.25, -0.2) is 8.78 Å². The molecule has 2 atom stereocenters. The maximum Gasteiger partial charge on any atom is 0.159 e. The fraction of sp³-hybridized carbons (Fsp3) is 0.400. The van der Waals surface area contributed by atoms with E-state index in [1.165, 1.54) is 17.7 Å². The number of nitrogens with zero attached hydrogens (tertiary/aromatic N) is 1. The average Bonchev–Trinajstić information content (AvgIpc) is 2.58. The van der Waals surface area contributed by atoms with E-state index in [1.807, 2.05) is 12.1 Å². The quantitative estimate of drug-likeness (QED) is 0.902. The monoisotopic (exact) mass is 346 g/mol. The minimum Gasteiger partial charge on any atom is -0.497 e. The first kappa shape index (κ1) is 17.8. The summed E-state index contributed by atoms with van der Waals surface area (Å²) < 4.78 is 31.7. The van der Waals surface area contributed by atoms with Crippen molar-refractivity contribution in [2.24, 2.45) is 11.7 Å². The zero-order chi connectivity index (χ0) is 17.8. The van der Waals surface area contributed by atoms with Gasteiger partial charge in [0.2, 0.25) is 0 Å². The Morgan fingerprint density at radius 1 is 1.04 bits per heavy atom. The van der Waals surface area contributed by atoms with Crippen LogP contribution in [0.15, 0.2) is 42.5 Å². The molecule has 2 unspecified atom stereocenters.